The van der Waals surface area contributed by atoms with Crippen molar-refractivity contribution in [2.45, 2.75) is 110 Å². The van der Waals surface area contributed by atoms with Gasteiger partial charge in [0.2, 0.25) is 5.91 Å². The number of hydrogen-bond donors (Lipinski definition) is 1. The molecule has 3 rings (SSSR count). The molecule has 0 unspecified atom stereocenters. The fourth-order valence-electron chi connectivity index (χ4n) is 4.90. The van der Waals surface area contributed by atoms with Gasteiger partial charge in [-0.25, -0.2) is 10.1 Å². The van der Waals surface area contributed by atoms with E-state index >= 15 is 0 Å². The van der Waals surface area contributed by atoms with Crippen LogP contribution in [0.15, 0.2) is 72.0 Å². The SMILES string of the molecule is CCCCCCCCCCCCCCCCCC(=O)N/N=C\c1cn(-c2ccccc2)nc1-c1ccccc1. The molecule has 1 amide bonds. The standard InChI is InChI=1S/C34H48N4O/c1-2-3-4-5-6-7-8-9-10-11-12-13-14-15-22-27-33(39)36-35-28-31-29-38(32-25-20-17-21-26-32)37-34(31)30-23-18-16-19-24-30/h16-21,23-26,28-29H,2-15,22,27H2,1H3,(H,36,39)/b35-28-. The maximum absolute atomic E-state index is 12.3. The smallest absolute Gasteiger partial charge is 0.240 e. The van der Waals surface area contributed by atoms with Crippen LogP contribution in [0, 0.1) is 0 Å². The molecule has 2 aromatic carbocycles. The zero-order valence-electron chi connectivity index (χ0n) is 24.0. The predicted octanol–water partition coefficient (Wildman–Crippen LogP) is 9.25. The molecule has 1 heterocycles. The number of hydrazone groups is 1. The van der Waals surface area contributed by atoms with Crippen molar-refractivity contribution >= 4 is 12.1 Å². The fourth-order valence-corrected chi connectivity index (χ4v) is 4.90. The van der Waals surface area contributed by atoms with Crippen LogP contribution < -0.4 is 5.43 Å². The number of benzene rings is 2. The third-order valence-electron chi connectivity index (χ3n) is 7.21. The van der Waals surface area contributed by atoms with Gasteiger partial charge in [0.15, 0.2) is 0 Å². The Labute approximate surface area is 236 Å². The van der Waals surface area contributed by atoms with E-state index in [1.165, 1.54) is 83.5 Å². The topological polar surface area (TPSA) is 59.3 Å². The number of nitrogens with zero attached hydrogens (tertiary/aromatic N) is 3. The first-order valence-electron chi connectivity index (χ1n) is 15.3. The quantitative estimate of drug-likeness (QED) is 0.0902. The molecule has 3 aromatic rings. The van der Waals surface area contributed by atoms with E-state index in [4.69, 9.17) is 5.10 Å². The van der Waals surface area contributed by atoms with Gasteiger partial charge in [-0.1, -0.05) is 145 Å². The molecule has 0 saturated heterocycles. The summed E-state index contributed by atoms with van der Waals surface area (Å²) in [6, 6.07) is 20.0. The maximum Gasteiger partial charge on any atom is 0.240 e. The minimum Gasteiger partial charge on any atom is -0.273 e. The molecule has 0 radical (unpaired) electrons. The molecule has 0 bridgehead atoms. The highest BCUT2D eigenvalue weighted by Crippen LogP contribution is 2.22. The first kappa shape index (κ1) is 30.3. The number of hydrogen-bond acceptors (Lipinski definition) is 3. The Hall–Kier alpha value is -3.21. The molecule has 0 spiro atoms. The summed E-state index contributed by atoms with van der Waals surface area (Å²) in [5, 5.41) is 9.03. The highest BCUT2D eigenvalue weighted by Gasteiger charge is 2.11. The van der Waals surface area contributed by atoms with Gasteiger partial charge in [0, 0.05) is 23.7 Å². The summed E-state index contributed by atoms with van der Waals surface area (Å²) in [5.41, 5.74) is 6.38. The van der Waals surface area contributed by atoms with Crippen LogP contribution >= 0.6 is 0 Å². The molecule has 0 fully saturated rings. The number of aromatic nitrogens is 2. The number of unbranched alkanes of at least 4 members (excludes halogenated alkanes) is 14. The Kier molecular flexibility index (Phi) is 14.7. The van der Waals surface area contributed by atoms with Crippen LogP contribution in [0.1, 0.15) is 115 Å². The molecule has 0 aliphatic carbocycles. The normalized spacial score (nSPS) is 11.3. The number of carbonyl (C=O) groups excluding carboxylic acids is 1. The van der Waals surface area contributed by atoms with Crippen LogP contribution in [0.5, 0.6) is 0 Å². The summed E-state index contributed by atoms with van der Waals surface area (Å²) in [6.45, 7) is 2.28. The van der Waals surface area contributed by atoms with Gasteiger partial charge >= 0.3 is 0 Å². The van der Waals surface area contributed by atoms with E-state index in [0.717, 1.165) is 35.3 Å². The summed E-state index contributed by atoms with van der Waals surface area (Å²) in [4.78, 5) is 12.3. The van der Waals surface area contributed by atoms with Gasteiger partial charge in [0.1, 0.15) is 5.69 Å². The van der Waals surface area contributed by atoms with Crippen molar-refractivity contribution < 1.29 is 4.79 Å². The van der Waals surface area contributed by atoms with Crippen molar-refractivity contribution in [3.05, 3.63) is 72.4 Å². The Morgan fingerprint density at radius 2 is 1.26 bits per heavy atom. The summed E-state index contributed by atoms with van der Waals surface area (Å²) in [5.74, 6) is -0.0299. The van der Waals surface area contributed by atoms with Gasteiger partial charge in [-0.3, -0.25) is 4.79 Å². The van der Waals surface area contributed by atoms with Crippen molar-refractivity contribution in [2.24, 2.45) is 5.10 Å². The van der Waals surface area contributed by atoms with E-state index in [0.29, 0.717) is 6.42 Å². The first-order valence-corrected chi connectivity index (χ1v) is 15.3. The molecule has 5 nitrogen and oxygen atoms in total. The maximum atomic E-state index is 12.3. The predicted molar refractivity (Wildman–Crippen MR) is 164 cm³/mol. The number of para-hydroxylation sites is 1. The van der Waals surface area contributed by atoms with Gasteiger partial charge < -0.3 is 0 Å². The molecule has 0 aliphatic heterocycles. The molecule has 1 aromatic heterocycles. The van der Waals surface area contributed by atoms with Crippen molar-refractivity contribution in [3.8, 4) is 16.9 Å². The van der Waals surface area contributed by atoms with Gasteiger partial charge in [-0.15, -0.1) is 0 Å². The summed E-state index contributed by atoms with van der Waals surface area (Å²) in [6.07, 6.45) is 24.0. The van der Waals surface area contributed by atoms with Crippen molar-refractivity contribution in [1.29, 1.82) is 0 Å². The zero-order chi connectivity index (χ0) is 27.4. The average Bonchev–Trinajstić information content (AvgIpc) is 3.40. The van der Waals surface area contributed by atoms with Crippen LogP contribution in [0.3, 0.4) is 0 Å². The van der Waals surface area contributed by atoms with E-state index in [2.05, 4.69) is 17.5 Å². The zero-order valence-corrected chi connectivity index (χ0v) is 24.0. The first-order chi connectivity index (χ1) is 19.3. The van der Waals surface area contributed by atoms with Crippen LogP contribution in [-0.4, -0.2) is 21.9 Å². The molecule has 39 heavy (non-hydrogen) atoms. The van der Waals surface area contributed by atoms with E-state index in [1.54, 1.807) is 6.21 Å². The number of amides is 1. The second-order valence-electron chi connectivity index (χ2n) is 10.6. The lowest BCUT2D eigenvalue weighted by molar-refractivity contribution is -0.121. The monoisotopic (exact) mass is 528 g/mol. The third-order valence-corrected chi connectivity index (χ3v) is 7.21. The molecule has 5 heteroatoms. The molecular weight excluding hydrogens is 480 g/mol. The van der Waals surface area contributed by atoms with Gasteiger partial charge in [-0.2, -0.15) is 10.2 Å². The number of nitrogens with one attached hydrogen (secondary N) is 1. The molecule has 1 N–H and O–H groups in total. The Balaban J connectivity index is 1.29. The van der Waals surface area contributed by atoms with Crippen LogP contribution in [-0.2, 0) is 4.79 Å². The number of rotatable bonds is 20. The van der Waals surface area contributed by atoms with Gasteiger partial charge in [-0.05, 0) is 18.6 Å². The Morgan fingerprint density at radius 3 is 1.82 bits per heavy atom. The highest BCUT2D eigenvalue weighted by molar-refractivity contribution is 5.89. The van der Waals surface area contributed by atoms with Gasteiger partial charge in [0.05, 0.1) is 11.9 Å². The van der Waals surface area contributed by atoms with E-state index in [1.807, 2.05) is 71.5 Å². The van der Waals surface area contributed by atoms with Crippen molar-refractivity contribution in [3.63, 3.8) is 0 Å². The third kappa shape index (κ3) is 12.0. The largest absolute Gasteiger partial charge is 0.273 e. The van der Waals surface area contributed by atoms with Crippen LogP contribution in [0.2, 0.25) is 0 Å². The average molecular weight is 529 g/mol. The minimum absolute atomic E-state index is 0.0299. The lowest BCUT2D eigenvalue weighted by Gasteiger charge is -2.03. The summed E-state index contributed by atoms with van der Waals surface area (Å²) >= 11 is 0. The lowest BCUT2D eigenvalue weighted by atomic mass is 10.0. The molecule has 0 saturated carbocycles. The molecule has 210 valence electrons. The molecular formula is C34H48N4O. The van der Waals surface area contributed by atoms with Crippen LogP contribution in [0.25, 0.3) is 16.9 Å². The van der Waals surface area contributed by atoms with Crippen molar-refractivity contribution in [2.75, 3.05) is 0 Å². The fraction of sp³-hybridized carbons (Fsp3) is 0.500. The Morgan fingerprint density at radius 1 is 0.744 bits per heavy atom. The minimum atomic E-state index is -0.0299. The molecule has 0 aliphatic rings. The highest BCUT2D eigenvalue weighted by atomic mass is 16.2. The van der Waals surface area contributed by atoms with E-state index < -0.39 is 0 Å². The van der Waals surface area contributed by atoms with E-state index in [9.17, 15) is 4.79 Å². The lowest BCUT2D eigenvalue weighted by Crippen LogP contribution is -2.16. The number of carbonyl (C=O) groups is 1. The second kappa shape index (κ2) is 18.9. The van der Waals surface area contributed by atoms with Crippen molar-refractivity contribution in [1.82, 2.24) is 15.2 Å². The second-order valence-corrected chi connectivity index (χ2v) is 10.6. The Bertz CT molecular complexity index is 1080. The van der Waals surface area contributed by atoms with Crippen LogP contribution in [0.4, 0.5) is 0 Å². The summed E-state index contributed by atoms with van der Waals surface area (Å²) < 4.78 is 1.85. The van der Waals surface area contributed by atoms with E-state index in [-0.39, 0.29) is 5.91 Å². The summed E-state index contributed by atoms with van der Waals surface area (Å²) in [7, 11) is 0. The molecule has 0 atom stereocenters. The van der Waals surface area contributed by atoms with Gasteiger partial charge in [0.25, 0.3) is 0 Å².